The van der Waals surface area contributed by atoms with Crippen LogP contribution in [0.3, 0.4) is 0 Å². The fourth-order valence-electron chi connectivity index (χ4n) is 6.14. The van der Waals surface area contributed by atoms with Gasteiger partial charge in [-0.2, -0.15) is 0 Å². The van der Waals surface area contributed by atoms with Gasteiger partial charge in [0.25, 0.3) is 0 Å². The molecule has 0 atom stereocenters. The van der Waals surface area contributed by atoms with E-state index in [1.165, 1.54) is 0 Å². The van der Waals surface area contributed by atoms with Gasteiger partial charge in [0.1, 0.15) is 0 Å². The zero-order valence-electron chi connectivity index (χ0n) is 25.0. The van der Waals surface area contributed by atoms with Crippen molar-refractivity contribution in [2.75, 3.05) is 50.7 Å². The fourth-order valence-corrected chi connectivity index (χ4v) is 6.66. The molecule has 2 amide bonds. The van der Waals surface area contributed by atoms with Gasteiger partial charge in [-0.05, 0) is 61.7 Å². The van der Waals surface area contributed by atoms with Crippen molar-refractivity contribution in [2.24, 2.45) is 17.8 Å². The summed E-state index contributed by atoms with van der Waals surface area (Å²) in [5.74, 6) is 3.42. The Hall–Kier alpha value is -3.47. The van der Waals surface area contributed by atoms with Crippen molar-refractivity contribution in [3.63, 3.8) is 0 Å². The Morgan fingerprint density at radius 2 is 1.59 bits per heavy atom. The van der Waals surface area contributed by atoms with Crippen molar-refractivity contribution >= 4 is 41.0 Å². The van der Waals surface area contributed by atoms with Crippen LogP contribution in [0.2, 0.25) is 10.0 Å². The minimum absolute atomic E-state index is 0.0202. The molecule has 0 radical (unpaired) electrons. The van der Waals surface area contributed by atoms with Gasteiger partial charge in [0.2, 0.25) is 23.6 Å². The van der Waals surface area contributed by atoms with Crippen molar-refractivity contribution in [1.82, 2.24) is 30.1 Å². The van der Waals surface area contributed by atoms with E-state index in [1.54, 1.807) is 32.3 Å². The second kappa shape index (κ2) is 13.3. The molecule has 0 spiro atoms. The van der Waals surface area contributed by atoms with Crippen molar-refractivity contribution in [3.05, 3.63) is 58.3 Å². The monoisotopic (exact) mass is 637 g/mol. The van der Waals surface area contributed by atoms with Crippen molar-refractivity contribution in [1.29, 1.82) is 0 Å². The Bertz CT molecular complexity index is 1480. The lowest BCUT2D eigenvalue weighted by Crippen LogP contribution is -2.60. The molecule has 3 saturated heterocycles. The summed E-state index contributed by atoms with van der Waals surface area (Å²) in [5.41, 5.74) is 2.58. The van der Waals surface area contributed by atoms with Gasteiger partial charge < -0.3 is 19.9 Å². The molecule has 0 unspecified atom stereocenters. The fraction of sp³-hybridized carbons (Fsp3) is 0.469. The third kappa shape index (κ3) is 7.42. The number of halogens is 2. The number of amides is 2. The largest absolute Gasteiger partial charge is 0.436 e. The van der Waals surface area contributed by atoms with Gasteiger partial charge in [-0.25, -0.2) is 15.0 Å². The summed E-state index contributed by atoms with van der Waals surface area (Å²) in [6, 6.07) is 9.39. The summed E-state index contributed by atoms with van der Waals surface area (Å²) in [4.78, 5) is 43.1. The standard InChI is InChI=1S/C32H37Cl2N7O3/c1-20(42)35-12-22-3-5-39(6-4-22)15-23-7-30(24-9-27(33)11-28(34)10-24)38-31(8-23)44-29-13-36-32(37-14-29)41-18-26(19-41)25-16-40(17-25)21(2)43/h7-11,13-14,22,25-26H,3-6,12,15-19H2,1-2H3,(H,35,42). The lowest BCUT2D eigenvalue weighted by molar-refractivity contribution is -0.136. The molecule has 3 aliphatic rings. The minimum atomic E-state index is 0.0202. The van der Waals surface area contributed by atoms with E-state index in [0.29, 0.717) is 51.1 Å². The number of pyridine rings is 1. The molecule has 232 valence electrons. The van der Waals surface area contributed by atoms with E-state index in [4.69, 9.17) is 32.9 Å². The molecule has 5 heterocycles. The zero-order valence-corrected chi connectivity index (χ0v) is 26.5. The van der Waals surface area contributed by atoms with Crippen LogP contribution in [0.1, 0.15) is 32.3 Å². The van der Waals surface area contributed by atoms with Crippen LogP contribution in [0.15, 0.2) is 42.7 Å². The number of carbonyl (C=O) groups is 2. The Labute approximate surface area is 267 Å². The molecule has 0 saturated carbocycles. The van der Waals surface area contributed by atoms with Gasteiger partial charge in [-0.3, -0.25) is 14.5 Å². The molecular formula is C32H37Cl2N7O3. The molecule has 1 aromatic carbocycles. The van der Waals surface area contributed by atoms with Crippen LogP contribution in [0, 0.1) is 17.8 Å². The number of nitrogens with one attached hydrogen (secondary N) is 1. The van der Waals surface area contributed by atoms with Crippen LogP contribution in [-0.4, -0.2) is 82.4 Å². The predicted molar refractivity (Wildman–Crippen MR) is 170 cm³/mol. The summed E-state index contributed by atoms with van der Waals surface area (Å²) in [6.07, 6.45) is 5.43. The van der Waals surface area contributed by atoms with Crippen LogP contribution in [0.25, 0.3) is 11.3 Å². The summed E-state index contributed by atoms with van der Waals surface area (Å²) >= 11 is 12.6. The number of likely N-dealkylation sites (tertiary alicyclic amines) is 2. The highest BCUT2D eigenvalue weighted by molar-refractivity contribution is 6.35. The maximum absolute atomic E-state index is 11.5. The van der Waals surface area contributed by atoms with Crippen LogP contribution < -0.4 is 15.0 Å². The van der Waals surface area contributed by atoms with E-state index < -0.39 is 0 Å². The van der Waals surface area contributed by atoms with Crippen molar-refractivity contribution in [3.8, 4) is 22.9 Å². The number of ether oxygens (including phenoxy) is 1. The molecule has 1 N–H and O–H groups in total. The SMILES string of the molecule is CC(=O)NCC1CCN(Cc2cc(Oc3cnc(N4CC(C5CN(C(C)=O)C5)C4)nc3)nc(-c3cc(Cl)cc(Cl)c3)c2)CC1. The third-order valence-electron chi connectivity index (χ3n) is 8.82. The third-order valence-corrected chi connectivity index (χ3v) is 9.26. The number of hydrogen-bond donors (Lipinski definition) is 1. The minimum Gasteiger partial charge on any atom is -0.436 e. The number of nitrogens with zero attached hydrogens (tertiary/aromatic N) is 6. The second-order valence-electron chi connectivity index (χ2n) is 12.2. The number of aromatic nitrogens is 3. The van der Waals surface area contributed by atoms with Crippen molar-refractivity contribution < 1.29 is 14.3 Å². The smallest absolute Gasteiger partial charge is 0.225 e. The van der Waals surface area contributed by atoms with Gasteiger partial charge in [0.05, 0.1) is 18.1 Å². The first-order chi connectivity index (χ1) is 21.2. The Morgan fingerprint density at radius 3 is 2.23 bits per heavy atom. The number of rotatable bonds is 9. The topological polar surface area (TPSA) is 104 Å². The van der Waals surface area contributed by atoms with E-state index in [0.717, 1.165) is 76.3 Å². The summed E-state index contributed by atoms with van der Waals surface area (Å²) in [7, 11) is 0. The zero-order chi connectivity index (χ0) is 30.8. The van der Waals surface area contributed by atoms with Crippen LogP contribution in [0.5, 0.6) is 11.6 Å². The Morgan fingerprint density at radius 1 is 0.932 bits per heavy atom. The first-order valence-corrected chi connectivity index (χ1v) is 15.9. The molecular weight excluding hydrogens is 601 g/mol. The van der Waals surface area contributed by atoms with Gasteiger partial charge in [0.15, 0.2) is 5.75 Å². The number of carbonyl (C=O) groups excluding carboxylic acids is 2. The summed E-state index contributed by atoms with van der Waals surface area (Å²) < 4.78 is 6.19. The van der Waals surface area contributed by atoms with Crippen molar-refractivity contribution in [2.45, 2.75) is 33.2 Å². The molecule has 0 aliphatic carbocycles. The van der Waals surface area contributed by atoms with E-state index in [1.807, 2.05) is 23.1 Å². The Balaban J connectivity index is 1.12. The number of piperidine rings is 1. The van der Waals surface area contributed by atoms with Gasteiger partial charge in [-0.15, -0.1) is 0 Å². The predicted octanol–water partition coefficient (Wildman–Crippen LogP) is 4.90. The summed E-state index contributed by atoms with van der Waals surface area (Å²) in [5, 5.41) is 4.02. The van der Waals surface area contributed by atoms with Gasteiger partial charge in [0, 0.05) is 86.6 Å². The number of benzene rings is 1. The maximum atomic E-state index is 11.5. The van der Waals surface area contributed by atoms with Gasteiger partial charge >= 0.3 is 0 Å². The maximum Gasteiger partial charge on any atom is 0.225 e. The molecule has 44 heavy (non-hydrogen) atoms. The molecule has 6 rings (SSSR count). The first kappa shape index (κ1) is 30.6. The average molecular weight is 639 g/mol. The van der Waals surface area contributed by atoms with E-state index >= 15 is 0 Å². The number of hydrogen-bond acceptors (Lipinski definition) is 8. The Kier molecular flexibility index (Phi) is 9.21. The molecule has 3 aliphatic heterocycles. The molecule has 3 fully saturated rings. The highest BCUT2D eigenvalue weighted by Gasteiger charge is 2.41. The van der Waals surface area contributed by atoms with Crippen LogP contribution in [-0.2, 0) is 16.1 Å². The molecule has 0 bridgehead atoms. The highest BCUT2D eigenvalue weighted by atomic mass is 35.5. The lowest BCUT2D eigenvalue weighted by Gasteiger charge is -2.50. The molecule has 3 aromatic rings. The normalized spacial score (nSPS) is 18.1. The second-order valence-corrected chi connectivity index (χ2v) is 13.1. The molecule has 12 heteroatoms. The molecule has 2 aromatic heterocycles. The van der Waals surface area contributed by atoms with Crippen LogP contribution in [0.4, 0.5) is 5.95 Å². The van der Waals surface area contributed by atoms with Crippen LogP contribution >= 0.6 is 23.2 Å². The molecule has 10 nitrogen and oxygen atoms in total. The lowest BCUT2D eigenvalue weighted by atomic mass is 9.81. The van der Waals surface area contributed by atoms with E-state index in [9.17, 15) is 9.59 Å². The number of anilines is 1. The van der Waals surface area contributed by atoms with Gasteiger partial charge in [-0.1, -0.05) is 23.2 Å². The van der Waals surface area contributed by atoms with E-state index in [-0.39, 0.29) is 11.8 Å². The summed E-state index contributed by atoms with van der Waals surface area (Å²) in [6.45, 7) is 10.1. The quantitative estimate of drug-likeness (QED) is 0.353. The highest BCUT2D eigenvalue weighted by Crippen LogP contribution is 2.34. The average Bonchev–Trinajstić information content (AvgIpc) is 2.93. The van der Waals surface area contributed by atoms with E-state index in [2.05, 4.69) is 31.2 Å². The first-order valence-electron chi connectivity index (χ1n) is 15.1.